The smallest absolute Gasteiger partial charge is 0.203 e. The van der Waals surface area contributed by atoms with Gasteiger partial charge in [-0.3, -0.25) is 4.79 Å². The second-order valence-corrected chi connectivity index (χ2v) is 7.26. The molecule has 0 unspecified atom stereocenters. The van der Waals surface area contributed by atoms with Crippen molar-refractivity contribution in [1.82, 2.24) is 0 Å². The van der Waals surface area contributed by atoms with Gasteiger partial charge < -0.3 is 9.84 Å². The number of ketones is 1. The standard InChI is InChI=1S/C18H15Cl3O3/c1-8(2)11-5-9-3-4-24-18(9)15(16(11)22)17(23)14-12(20)6-10(19)7-13(14)21/h5-8,22H,3-4H2,1-2H3. The fourth-order valence-electron chi connectivity index (χ4n) is 2.88. The van der Waals surface area contributed by atoms with Crippen molar-refractivity contribution in [3.8, 4) is 11.5 Å². The van der Waals surface area contributed by atoms with Crippen LogP contribution < -0.4 is 4.74 Å². The molecule has 0 aromatic heterocycles. The van der Waals surface area contributed by atoms with E-state index in [-0.39, 0.29) is 32.8 Å². The minimum Gasteiger partial charge on any atom is -0.507 e. The number of aromatic hydroxyl groups is 1. The lowest BCUT2D eigenvalue weighted by Crippen LogP contribution is -2.08. The molecule has 0 saturated heterocycles. The third kappa shape index (κ3) is 2.85. The van der Waals surface area contributed by atoms with Crippen LogP contribution in [0.25, 0.3) is 0 Å². The van der Waals surface area contributed by atoms with E-state index in [9.17, 15) is 9.90 Å². The summed E-state index contributed by atoms with van der Waals surface area (Å²) in [5, 5.41) is 11.3. The zero-order valence-electron chi connectivity index (χ0n) is 13.1. The van der Waals surface area contributed by atoms with Crippen molar-refractivity contribution >= 4 is 40.6 Å². The van der Waals surface area contributed by atoms with E-state index in [0.29, 0.717) is 29.4 Å². The van der Waals surface area contributed by atoms with E-state index in [0.717, 1.165) is 5.56 Å². The number of ether oxygens (including phenoxy) is 1. The minimum absolute atomic E-state index is 0.0543. The molecule has 0 fully saturated rings. The van der Waals surface area contributed by atoms with Crippen molar-refractivity contribution in [3.63, 3.8) is 0 Å². The van der Waals surface area contributed by atoms with Gasteiger partial charge in [0.15, 0.2) is 0 Å². The van der Waals surface area contributed by atoms with Gasteiger partial charge in [-0.15, -0.1) is 0 Å². The molecule has 2 aromatic rings. The van der Waals surface area contributed by atoms with Crippen molar-refractivity contribution in [3.05, 3.63) is 55.5 Å². The Kier molecular flexibility index (Phi) is 4.69. The number of phenols is 1. The van der Waals surface area contributed by atoms with E-state index in [1.54, 1.807) is 0 Å². The Labute approximate surface area is 155 Å². The van der Waals surface area contributed by atoms with E-state index in [4.69, 9.17) is 39.5 Å². The van der Waals surface area contributed by atoms with Gasteiger partial charge in [0, 0.05) is 11.4 Å². The van der Waals surface area contributed by atoms with Gasteiger partial charge in [-0.25, -0.2) is 0 Å². The molecular weight excluding hydrogens is 371 g/mol. The molecule has 0 atom stereocenters. The maximum absolute atomic E-state index is 13.1. The van der Waals surface area contributed by atoms with E-state index in [1.165, 1.54) is 12.1 Å². The van der Waals surface area contributed by atoms with Gasteiger partial charge in [-0.2, -0.15) is 0 Å². The van der Waals surface area contributed by atoms with Crippen LogP contribution in [0.2, 0.25) is 15.1 Å². The molecule has 0 aliphatic carbocycles. The first-order valence-electron chi connectivity index (χ1n) is 7.52. The van der Waals surface area contributed by atoms with Crippen LogP contribution >= 0.6 is 34.8 Å². The second kappa shape index (κ2) is 6.47. The summed E-state index contributed by atoms with van der Waals surface area (Å²) < 4.78 is 5.60. The monoisotopic (exact) mass is 384 g/mol. The van der Waals surface area contributed by atoms with Gasteiger partial charge in [0.2, 0.25) is 5.78 Å². The van der Waals surface area contributed by atoms with Gasteiger partial charge in [0.1, 0.15) is 17.1 Å². The Balaban J connectivity index is 2.25. The number of benzene rings is 2. The molecule has 1 heterocycles. The largest absolute Gasteiger partial charge is 0.507 e. The van der Waals surface area contributed by atoms with Crippen LogP contribution in [0.5, 0.6) is 11.5 Å². The second-order valence-electron chi connectivity index (χ2n) is 6.00. The van der Waals surface area contributed by atoms with Crippen molar-refractivity contribution in [1.29, 1.82) is 0 Å². The molecule has 2 aromatic carbocycles. The number of halogens is 3. The van der Waals surface area contributed by atoms with Crippen molar-refractivity contribution in [2.45, 2.75) is 26.2 Å². The highest BCUT2D eigenvalue weighted by molar-refractivity contribution is 6.43. The van der Waals surface area contributed by atoms with Crippen LogP contribution in [0.3, 0.4) is 0 Å². The fraction of sp³-hybridized carbons (Fsp3) is 0.278. The van der Waals surface area contributed by atoms with E-state index in [1.807, 2.05) is 19.9 Å². The molecule has 0 amide bonds. The maximum Gasteiger partial charge on any atom is 0.203 e. The predicted octanol–water partition coefficient (Wildman–Crippen LogP) is 5.64. The average Bonchev–Trinajstić information content (AvgIpc) is 2.92. The van der Waals surface area contributed by atoms with E-state index < -0.39 is 5.78 Å². The molecule has 1 N–H and O–H groups in total. The first-order chi connectivity index (χ1) is 11.3. The van der Waals surface area contributed by atoms with Crippen LogP contribution in [0.15, 0.2) is 18.2 Å². The zero-order chi connectivity index (χ0) is 17.6. The Morgan fingerprint density at radius 1 is 1.12 bits per heavy atom. The molecule has 0 bridgehead atoms. The number of fused-ring (bicyclic) bond motifs is 1. The van der Waals surface area contributed by atoms with Crippen LogP contribution in [-0.4, -0.2) is 17.5 Å². The highest BCUT2D eigenvalue weighted by atomic mass is 35.5. The number of hydrogen-bond donors (Lipinski definition) is 1. The first-order valence-corrected chi connectivity index (χ1v) is 8.65. The lowest BCUT2D eigenvalue weighted by molar-refractivity contribution is 0.103. The number of carbonyl (C=O) groups excluding carboxylic acids is 1. The minimum atomic E-state index is -0.472. The summed E-state index contributed by atoms with van der Waals surface area (Å²) in [5.74, 6) is -0.0971. The van der Waals surface area contributed by atoms with Gasteiger partial charge in [0.05, 0.1) is 22.2 Å². The molecule has 1 aliphatic heterocycles. The molecule has 24 heavy (non-hydrogen) atoms. The predicted molar refractivity (Wildman–Crippen MR) is 96.3 cm³/mol. The van der Waals surface area contributed by atoms with Crippen molar-refractivity contribution < 1.29 is 14.6 Å². The van der Waals surface area contributed by atoms with Crippen LogP contribution in [0.1, 0.15) is 46.8 Å². The number of carbonyl (C=O) groups is 1. The zero-order valence-corrected chi connectivity index (χ0v) is 15.4. The number of hydrogen-bond acceptors (Lipinski definition) is 3. The summed E-state index contributed by atoms with van der Waals surface area (Å²) in [5.41, 5.74) is 1.82. The molecule has 0 saturated carbocycles. The number of rotatable bonds is 3. The third-order valence-electron chi connectivity index (χ3n) is 4.06. The van der Waals surface area contributed by atoms with Gasteiger partial charge in [-0.05, 0) is 35.2 Å². The van der Waals surface area contributed by atoms with E-state index >= 15 is 0 Å². The van der Waals surface area contributed by atoms with Gasteiger partial charge in [0.25, 0.3) is 0 Å². The third-order valence-corrected chi connectivity index (χ3v) is 4.87. The molecule has 0 radical (unpaired) electrons. The molecule has 1 aliphatic rings. The Bertz CT molecular complexity index is 821. The summed E-state index contributed by atoms with van der Waals surface area (Å²) in [6.45, 7) is 4.38. The van der Waals surface area contributed by atoms with E-state index in [2.05, 4.69) is 0 Å². The summed E-state index contributed by atoms with van der Waals surface area (Å²) in [7, 11) is 0. The summed E-state index contributed by atoms with van der Waals surface area (Å²) >= 11 is 18.3. The molecule has 6 heteroatoms. The lowest BCUT2D eigenvalue weighted by Gasteiger charge is -2.17. The maximum atomic E-state index is 13.1. The molecule has 3 rings (SSSR count). The quantitative estimate of drug-likeness (QED) is 0.695. The molecular formula is C18H15Cl3O3. The van der Waals surface area contributed by atoms with Gasteiger partial charge >= 0.3 is 0 Å². The lowest BCUT2D eigenvalue weighted by atomic mass is 9.91. The molecule has 0 spiro atoms. The average molecular weight is 386 g/mol. The highest BCUT2D eigenvalue weighted by Crippen LogP contribution is 2.43. The molecule has 126 valence electrons. The molecule has 3 nitrogen and oxygen atoms in total. The van der Waals surface area contributed by atoms with Crippen molar-refractivity contribution in [2.75, 3.05) is 6.61 Å². The highest BCUT2D eigenvalue weighted by Gasteiger charge is 2.30. The first kappa shape index (κ1) is 17.4. The Morgan fingerprint density at radius 3 is 2.33 bits per heavy atom. The van der Waals surface area contributed by atoms with Crippen LogP contribution in [-0.2, 0) is 6.42 Å². The normalized spacial score (nSPS) is 13.1. The SMILES string of the molecule is CC(C)c1cc2c(c(C(=O)c3c(Cl)cc(Cl)cc3Cl)c1O)OCC2. The summed E-state index contributed by atoms with van der Waals surface area (Å²) in [6.07, 6.45) is 0.692. The fourth-order valence-corrected chi connectivity index (χ4v) is 3.87. The van der Waals surface area contributed by atoms with Crippen molar-refractivity contribution in [2.24, 2.45) is 0 Å². The summed E-state index contributed by atoms with van der Waals surface area (Å²) in [6, 6.07) is 4.80. The number of phenolic OH excluding ortho intramolecular Hbond substituents is 1. The van der Waals surface area contributed by atoms with Crippen LogP contribution in [0.4, 0.5) is 0 Å². The van der Waals surface area contributed by atoms with Crippen LogP contribution in [0, 0.1) is 0 Å². The Morgan fingerprint density at radius 2 is 1.75 bits per heavy atom. The van der Waals surface area contributed by atoms with Gasteiger partial charge in [-0.1, -0.05) is 48.7 Å². The summed E-state index contributed by atoms with van der Waals surface area (Å²) in [4.78, 5) is 13.1. The Hall–Kier alpha value is -1.42. The topological polar surface area (TPSA) is 46.5 Å².